The van der Waals surface area contributed by atoms with Gasteiger partial charge in [-0.05, 0) is 36.8 Å². The van der Waals surface area contributed by atoms with Crippen LogP contribution in [-0.4, -0.2) is 9.97 Å². The Morgan fingerprint density at radius 3 is 2.89 bits per heavy atom. The maximum absolute atomic E-state index is 6.02. The van der Waals surface area contributed by atoms with Gasteiger partial charge in [0.15, 0.2) is 0 Å². The van der Waals surface area contributed by atoms with Gasteiger partial charge < -0.3 is 10.7 Å². The van der Waals surface area contributed by atoms with E-state index in [1.54, 1.807) is 6.07 Å². The SMILES string of the molecule is Cc1ccc2nc(-c3cccc(Cl)c3N)[nH]c2c1. The van der Waals surface area contributed by atoms with E-state index >= 15 is 0 Å². The molecule has 0 saturated carbocycles. The normalized spacial score (nSPS) is 11.0. The predicted octanol–water partition coefficient (Wildman–Crippen LogP) is 3.77. The Labute approximate surface area is 110 Å². The minimum absolute atomic E-state index is 0.545. The van der Waals surface area contributed by atoms with Gasteiger partial charge in [0.25, 0.3) is 0 Å². The Hall–Kier alpha value is -2.00. The zero-order valence-corrected chi connectivity index (χ0v) is 10.6. The van der Waals surface area contributed by atoms with Crippen LogP contribution in [0.2, 0.25) is 5.02 Å². The molecule has 2 aromatic carbocycles. The minimum atomic E-state index is 0.545. The molecule has 0 unspecified atom stereocenters. The number of hydrogen-bond donors (Lipinski definition) is 2. The molecule has 0 aliphatic carbocycles. The molecule has 0 bridgehead atoms. The lowest BCUT2D eigenvalue weighted by molar-refractivity contribution is 1.34. The monoisotopic (exact) mass is 257 g/mol. The first-order chi connectivity index (χ1) is 8.65. The molecule has 0 atom stereocenters. The Kier molecular flexibility index (Phi) is 2.49. The number of benzene rings is 2. The van der Waals surface area contributed by atoms with Gasteiger partial charge >= 0.3 is 0 Å². The molecule has 3 aromatic rings. The number of fused-ring (bicyclic) bond motifs is 1. The molecule has 18 heavy (non-hydrogen) atoms. The van der Waals surface area contributed by atoms with Crippen molar-refractivity contribution in [2.45, 2.75) is 6.92 Å². The van der Waals surface area contributed by atoms with Gasteiger partial charge in [0.2, 0.25) is 0 Å². The lowest BCUT2D eigenvalue weighted by atomic mass is 10.2. The second kappa shape index (κ2) is 4.03. The van der Waals surface area contributed by atoms with Gasteiger partial charge in [0.05, 0.1) is 21.7 Å². The molecule has 0 aliphatic rings. The molecule has 0 radical (unpaired) electrons. The summed E-state index contributed by atoms with van der Waals surface area (Å²) in [4.78, 5) is 7.80. The summed E-state index contributed by atoms with van der Waals surface area (Å²) in [5, 5.41) is 0.545. The van der Waals surface area contributed by atoms with Crippen molar-refractivity contribution in [2.75, 3.05) is 5.73 Å². The fraction of sp³-hybridized carbons (Fsp3) is 0.0714. The molecule has 90 valence electrons. The van der Waals surface area contributed by atoms with Gasteiger partial charge in [-0.2, -0.15) is 0 Å². The van der Waals surface area contributed by atoms with E-state index in [2.05, 4.69) is 16.0 Å². The average Bonchev–Trinajstić information content (AvgIpc) is 2.75. The summed E-state index contributed by atoms with van der Waals surface area (Å²) in [6.45, 7) is 2.05. The third-order valence-electron chi connectivity index (χ3n) is 2.95. The number of aromatic amines is 1. The van der Waals surface area contributed by atoms with Crippen LogP contribution in [0.3, 0.4) is 0 Å². The first-order valence-electron chi connectivity index (χ1n) is 5.66. The number of nitrogen functional groups attached to an aromatic ring is 1. The number of nitrogens with one attached hydrogen (secondary N) is 1. The quantitative estimate of drug-likeness (QED) is 0.652. The maximum atomic E-state index is 6.02. The van der Waals surface area contributed by atoms with Crippen LogP contribution in [0.25, 0.3) is 22.4 Å². The highest BCUT2D eigenvalue weighted by Gasteiger charge is 2.10. The third kappa shape index (κ3) is 1.73. The van der Waals surface area contributed by atoms with E-state index in [9.17, 15) is 0 Å². The number of para-hydroxylation sites is 1. The van der Waals surface area contributed by atoms with Gasteiger partial charge in [0, 0.05) is 5.56 Å². The molecule has 3 rings (SSSR count). The Bertz CT molecular complexity index is 731. The first-order valence-corrected chi connectivity index (χ1v) is 6.03. The van der Waals surface area contributed by atoms with Crippen LogP contribution in [0.15, 0.2) is 36.4 Å². The van der Waals surface area contributed by atoms with Crippen molar-refractivity contribution in [3.8, 4) is 11.4 Å². The number of aromatic nitrogens is 2. The second-order valence-electron chi connectivity index (χ2n) is 4.31. The van der Waals surface area contributed by atoms with Gasteiger partial charge in [-0.3, -0.25) is 0 Å². The topological polar surface area (TPSA) is 54.7 Å². The van der Waals surface area contributed by atoms with E-state index in [1.807, 2.05) is 31.2 Å². The smallest absolute Gasteiger partial charge is 0.140 e. The van der Waals surface area contributed by atoms with Crippen LogP contribution in [0, 0.1) is 6.92 Å². The number of hydrogen-bond acceptors (Lipinski definition) is 2. The molecule has 1 aromatic heterocycles. The number of aryl methyl sites for hydroxylation is 1. The predicted molar refractivity (Wildman–Crippen MR) is 75.7 cm³/mol. The molecule has 0 spiro atoms. The number of nitrogens with zero attached hydrogens (tertiary/aromatic N) is 1. The van der Waals surface area contributed by atoms with Crippen LogP contribution < -0.4 is 5.73 Å². The molecule has 3 N–H and O–H groups in total. The molecule has 3 nitrogen and oxygen atoms in total. The zero-order chi connectivity index (χ0) is 12.7. The number of imidazole rings is 1. The zero-order valence-electron chi connectivity index (χ0n) is 9.87. The van der Waals surface area contributed by atoms with Gasteiger partial charge in [-0.15, -0.1) is 0 Å². The van der Waals surface area contributed by atoms with E-state index in [1.165, 1.54) is 5.56 Å². The molecule has 0 aliphatic heterocycles. The summed E-state index contributed by atoms with van der Waals surface area (Å²) in [7, 11) is 0. The highest BCUT2D eigenvalue weighted by molar-refractivity contribution is 6.33. The second-order valence-corrected chi connectivity index (χ2v) is 4.71. The molecule has 0 fully saturated rings. The molecule has 0 saturated heterocycles. The van der Waals surface area contributed by atoms with Crippen molar-refractivity contribution >= 4 is 28.3 Å². The summed E-state index contributed by atoms with van der Waals surface area (Å²) in [6, 6.07) is 11.6. The summed E-state index contributed by atoms with van der Waals surface area (Å²) in [5.74, 6) is 0.746. The van der Waals surface area contributed by atoms with Crippen molar-refractivity contribution in [1.82, 2.24) is 9.97 Å². The average molecular weight is 258 g/mol. The van der Waals surface area contributed by atoms with E-state index in [-0.39, 0.29) is 0 Å². The lowest BCUT2D eigenvalue weighted by Gasteiger charge is -2.03. The van der Waals surface area contributed by atoms with Gasteiger partial charge in [-0.25, -0.2) is 4.98 Å². The maximum Gasteiger partial charge on any atom is 0.140 e. The largest absolute Gasteiger partial charge is 0.397 e. The number of nitrogens with two attached hydrogens (primary N) is 1. The van der Waals surface area contributed by atoms with Crippen molar-refractivity contribution in [3.63, 3.8) is 0 Å². The van der Waals surface area contributed by atoms with Crippen LogP contribution in [0.4, 0.5) is 5.69 Å². The van der Waals surface area contributed by atoms with Gasteiger partial charge in [-0.1, -0.05) is 23.7 Å². The Morgan fingerprint density at radius 1 is 1.22 bits per heavy atom. The molecule has 0 amide bonds. The molecular weight excluding hydrogens is 246 g/mol. The van der Waals surface area contributed by atoms with E-state index in [4.69, 9.17) is 17.3 Å². The van der Waals surface area contributed by atoms with Gasteiger partial charge in [0.1, 0.15) is 5.82 Å². The number of anilines is 1. The summed E-state index contributed by atoms with van der Waals surface area (Å²) in [6.07, 6.45) is 0. The van der Waals surface area contributed by atoms with E-state index in [0.717, 1.165) is 22.4 Å². The summed E-state index contributed by atoms with van der Waals surface area (Å²) < 4.78 is 0. The van der Waals surface area contributed by atoms with E-state index in [0.29, 0.717) is 10.7 Å². The van der Waals surface area contributed by atoms with E-state index < -0.39 is 0 Å². The number of rotatable bonds is 1. The fourth-order valence-corrected chi connectivity index (χ4v) is 2.17. The van der Waals surface area contributed by atoms with Crippen LogP contribution >= 0.6 is 11.6 Å². The standard InChI is InChI=1S/C14H12ClN3/c1-8-5-6-11-12(7-8)18-14(17-11)9-3-2-4-10(15)13(9)16/h2-7H,16H2,1H3,(H,17,18). The van der Waals surface area contributed by atoms with Crippen LogP contribution in [-0.2, 0) is 0 Å². The van der Waals surface area contributed by atoms with Crippen LogP contribution in [0.5, 0.6) is 0 Å². The fourth-order valence-electron chi connectivity index (χ4n) is 1.99. The number of H-pyrrole nitrogens is 1. The highest BCUT2D eigenvalue weighted by atomic mass is 35.5. The first kappa shape index (κ1) is 11.1. The minimum Gasteiger partial charge on any atom is -0.397 e. The lowest BCUT2D eigenvalue weighted by Crippen LogP contribution is -1.92. The van der Waals surface area contributed by atoms with Crippen molar-refractivity contribution < 1.29 is 0 Å². The van der Waals surface area contributed by atoms with Crippen molar-refractivity contribution in [1.29, 1.82) is 0 Å². The Morgan fingerprint density at radius 2 is 2.06 bits per heavy atom. The van der Waals surface area contributed by atoms with Crippen molar-refractivity contribution in [3.05, 3.63) is 47.0 Å². The van der Waals surface area contributed by atoms with Crippen LogP contribution in [0.1, 0.15) is 5.56 Å². The Balaban J connectivity index is 2.22. The van der Waals surface area contributed by atoms with Crippen molar-refractivity contribution in [2.24, 2.45) is 0 Å². The summed E-state index contributed by atoms with van der Waals surface area (Å²) in [5.41, 5.74) is 10.5. The highest BCUT2D eigenvalue weighted by Crippen LogP contribution is 2.30. The molecular formula is C14H12ClN3. The number of halogens is 1. The molecule has 4 heteroatoms. The summed E-state index contributed by atoms with van der Waals surface area (Å²) >= 11 is 6.02. The molecule has 1 heterocycles. The third-order valence-corrected chi connectivity index (χ3v) is 3.28.